The van der Waals surface area contributed by atoms with Crippen LogP contribution in [0.1, 0.15) is 33.4 Å². The summed E-state index contributed by atoms with van der Waals surface area (Å²) in [6.45, 7) is 1.19. The zero-order valence-electron chi connectivity index (χ0n) is 10.6. The highest BCUT2D eigenvalue weighted by Crippen LogP contribution is 2.19. The SMILES string of the molecule is CC(=O)c1ccc(OCc2ccoc2C(=O)O)cc1F. The number of rotatable bonds is 5. The lowest BCUT2D eigenvalue weighted by atomic mass is 10.1. The van der Waals surface area contributed by atoms with Crippen LogP contribution in [0.4, 0.5) is 4.39 Å². The minimum Gasteiger partial charge on any atom is -0.489 e. The first kappa shape index (κ1) is 13.8. The van der Waals surface area contributed by atoms with Crippen molar-refractivity contribution in [3.8, 4) is 5.75 Å². The monoisotopic (exact) mass is 278 g/mol. The number of benzene rings is 1. The van der Waals surface area contributed by atoms with Crippen LogP contribution in [-0.2, 0) is 6.61 Å². The number of carbonyl (C=O) groups is 2. The van der Waals surface area contributed by atoms with Crippen LogP contribution >= 0.6 is 0 Å². The Hall–Kier alpha value is -2.63. The van der Waals surface area contributed by atoms with Crippen molar-refractivity contribution in [1.82, 2.24) is 0 Å². The summed E-state index contributed by atoms with van der Waals surface area (Å²) in [5.41, 5.74) is 0.320. The topological polar surface area (TPSA) is 76.7 Å². The molecule has 1 aromatic heterocycles. The summed E-state index contributed by atoms with van der Waals surface area (Å²) in [6.07, 6.45) is 1.24. The molecule has 2 aromatic rings. The van der Waals surface area contributed by atoms with Gasteiger partial charge in [-0.15, -0.1) is 0 Å². The number of carboxylic acid groups (broad SMARTS) is 1. The molecular weight excluding hydrogens is 267 g/mol. The normalized spacial score (nSPS) is 10.3. The molecule has 0 amide bonds. The first-order chi connectivity index (χ1) is 9.49. The number of hydrogen-bond acceptors (Lipinski definition) is 4. The quantitative estimate of drug-likeness (QED) is 0.851. The average molecular weight is 278 g/mol. The molecule has 5 nitrogen and oxygen atoms in total. The summed E-state index contributed by atoms with van der Waals surface area (Å²) in [5.74, 6) is -2.28. The van der Waals surface area contributed by atoms with Crippen LogP contribution in [0.2, 0.25) is 0 Å². The Morgan fingerprint density at radius 3 is 2.70 bits per heavy atom. The van der Waals surface area contributed by atoms with Gasteiger partial charge in [-0.2, -0.15) is 0 Å². The van der Waals surface area contributed by atoms with Crippen molar-refractivity contribution >= 4 is 11.8 Å². The highest BCUT2D eigenvalue weighted by Gasteiger charge is 2.15. The largest absolute Gasteiger partial charge is 0.489 e. The van der Waals surface area contributed by atoms with Gasteiger partial charge in [0.25, 0.3) is 0 Å². The molecule has 1 N–H and O–H groups in total. The fraction of sp³-hybridized carbons (Fsp3) is 0.143. The molecule has 1 aromatic carbocycles. The first-order valence-corrected chi connectivity index (χ1v) is 5.72. The van der Waals surface area contributed by atoms with Crippen molar-refractivity contribution in [2.45, 2.75) is 13.5 Å². The molecule has 0 radical (unpaired) electrons. The lowest BCUT2D eigenvalue weighted by Crippen LogP contribution is -2.03. The maximum absolute atomic E-state index is 13.6. The summed E-state index contributed by atoms with van der Waals surface area (Å²) < 4.78 is 23.6. The number of furan rings is 1. The van der Waals surface area contributed by atoms with Crippen molar-refractivity contribution in [3.05, 3.63) is 53.2 Å². The zero-order chi connectivity index (χ0) is 14.7. The molecule has 1 heterocycles. The Bertz CT molecular complexity index is 659. The van der Waals surface area contributed by atoms with E-state index in [0.29, 0.717) is 5.56 Å². The predicted molar refractivity (Wildman–Crippen MR) is 66.4 cm³/mol. The number of Topliss-reactive ketones (excluding diaryl/α,β-unsaturated/α-hetero) is 1. The smallest absolute Gasteiger partial charge is 0.372 e. The number of carbonyl (C=O) groups excluding carboxylic acids is 1. The van der Waals surface area contributed by atoms with Gasteiger partial charge < -0.3 is 14.3 Å². The van der Waals surface area contributed by atoms with E-state index in [1.165, 1.54) is 31.4 Å². The zero-order valence-corrected chi connectivity index (χ0v) is 10.6. The van der Waals surface area contributed by atoms with Gasteiger partial charge in [-0.25, -0.2) is 9.18 Å². The number of aromatic carboxylic acids is 1. The van der Waals surface area contributed by atoms with Gasteiger partial charge in [0.15, 0.2) is 5.78 Å². The second-order valence-electron chi connectivity index (χ2n) is 4.07. The van der Waals surface area contributed by atoms with Crippen LogP contribution in [0.15, 0.2) is 34.9 Å². The molecule has 0 spiro atoms. The van der Waals surface area contributed by atoms with Crippen LogP contribution in [0.3, 0.4) is 0 Å². The fourth-order valence-corrected chi connectivity index (χ4v) is 1.67. The molecule has 0 aliphatic carbocycles. The molecule has 104 valence electrons. The third-order valence-corrected chi connectivity index (χ3v) is 2.66. The highest BCUT2D eigenvalue weighted by molar-refractivity contribution is 5.94. The summed E-state index contributed by atoms with van der Waals surface area (Å²) in [6, 6.07) is 5.31. The van der Waals surface area contributed by atoms with Gasteiger partial charge in [-0.3, -0.25) is 4.79 Å². The summed E-state index contributed by atoms with van der Waals surface area (Å²) in [4.78, 5) is 21.9. The lowest BCUT2D eigenvalue weighted by Gasteiger charge is -2.06. The molecule has 0 atom stereocenters. The number of ketones is 1. The molecule has 0 fully saturated rings. The Morgan fingerprint density at radius 2 is 2.10 bits per heavy atom. The maximum atomic E-state index is 13.6. The third kappa shape index (κ3) is 2.85. The van der Waals surface area contributed by atoms with Crippen LogP contribution in [-0.4, -0.2) is 16.9 Å². The van der Waals surface area contributed by atoms with Crippen molar-refractivity contribution in [1.29, 1.82) is 0 Å². The fourth-order valence-electron chi connectivity index (χ4n) is 1.67. The second-order valence-corrected chi connectivity index (χ2v) is 4.07. The summed E-state index contributed by atoms with van der Waals surface area (Å²) >= 11 is 0. The van der Waals surface area contributed by atoms with E-state index in [1.807, 2.05) is 0 Å². The van der Waals surface area contributed by atoms with Crippen molar-refractivity contribution < 1.29 is 28.2 Å². The lowest BCUT2D eigenvalue weighted by molar-refractivity contribution is 0.0658. The van der Waals surface area contributed by atoms with Crippen LogP contribution in [0.25, 0.3) is 0 Å². The van der Waals surface area contributed by atoms with Gasteiger partial charge in [0.05, 0.1) is 11.8 Å². The van der Waals surface area contributed by atoms with E-state index in [4.69, 9.17) is 14.3 Å². The van der Waals surface area contributed by atoms with Gasteiger partial charge >= 0.3 is 5.97 Å². The molecule has 0 aliphatic rings. The summed E-state index contributed by atoms with van der Waals surface area (Å²) in [7, 11) is 0. The molecular formula is C14H11FO5. The van der Waals surface area contributed by atoms with Crippen molar-refractivity contribution in [2.24, 2.45) is 0 Å². The Balaban J connectivity index is 2.11. The molecule has 2 rings (SSSR count). The minimum atomic E-state index is -1.20. The number of halogens is 1. The Morgan fingerprint density at radius 1 is 1.35 bits per heavy atom. The van der Waals surface area contributed by atoms with Gasteiger partial charge in [0.1, 0.15) is 18.2 Å². The number of carboxylic acids is 1. The van der Waals surface area contributed by atoms with E-state index in [0.717, 1.165) is 6.07 Å². The first-order valence-electron chi connectivity index (χ1n) is 5.72. The molecule has 0 saturated carbocycles. The van der Waals surface area contributed by atoms with E-state index in [-0.39, 0.29) is 29.5 Å². The van der Waals surface area contributed by atoms with Gasteiger partial charge in [-0.1, -0.05) is 0 Å². The van der Waals surface area contributed by atoms with Crippen LogP contribution in [0, 0.1) is 5.82 Å². The molecule has 20 heavy (non-hydrogen) atoms. The van der Waals surface area contributed by atoms with E-state index >= 15 is 0 Å². The number of hydrogen-bond donors (Lipinski definition) is 1. The van der Waals surface area contributed by atoms with E-state index in [1.54, 1.807) is 0 Å². The molecule has 0 saturated heterocycles. The second kappa shape index (κ2) is 5.56. The van der Waals surface area contributed by atoms with E-state index in [9.17, 15) is 14.0 Å². The highest BCUT2D eigenvalue weighted by atomic mass is 19.1. The van der Waals surface area contributed by atoms with Gasteiger partial charge in [0, 0.05) is 11.6 Å². The van der Waals surface area contributed by atoms with Crippen molar-refractivity contribution in [3.63, 3.8) is 0 Å². The van der Waals surface area contributed by atoms with Crippen LogP contribution < -0.4 is 4.74 Å². The van der Waals surface area contributed by atoms with E-state index < -0.39 is 11.8 Å². The molecule has 0 aliphatic heterocycles. The Labute approximate surface area is 113 Å². The maximum Gasteiger partial charge on any atom is 0.372 e. The predicted octanol–water partition coefficient (Wildman–Crippen LogP) is 2.90. The molecule has 0 bridgehead atoms. The van der Waals surface area contributed by atoms with E-state index in [2.05, 4.69) is 0 Å². The number of ether oxygens (including phenoxy) is 1. The third-order valence-electron chi connectivity index (χ3n) is 2.66. The average Bonchev–Trinajstić information content (AvgIpc) is 2.84. The summed E-state index contributed by atoms with van der Waals surface area (Å²) in [5, 5.41) is 8.85. The Kier molecular flexibility index (Phi) is 3.84. The van der Waals surface area contributed by atoms with Gasteiger partial charge in [0.2, 0.25) is 5.76 Å². The minimum absolute atomic E-state index is 0.0214. The molecule has 0 unspecified atom stereocenters. The van der Waals surface area contributed by atoms with Crippen LogP contribution in [0.5, 0.6) is 5.75 Å². The molecule has 6 heteroatoms. The van der Waals surface area contributed by atoms with Crippen molar-refractivity contribution in [2.75, 3.05) is 0 Å². The standard InChI is InChI=1S/C14H11FO5/c1-8(16)11-3-2-10(6-12(11)15)20-7-9-4-5-19-13(9)14(17)18/h2-6H,7H2,1H3,(H,17,18). The van der Waals surface area contributed by atoms with Gasteiger partial charge in [-0.05, 0) is 25.1 Å².